The van der Waals surface area contributed by atoms with E-state index in [0.29, 0.717) is 6.42 Å². The first-order chi connectivity index (χ1) is 5.09. The monoisotopic (exact) mass is 177 g/mol. The Balaban J connectivity index is 3.64. The van der Waals surface area contributed by atoms with Crippen LogP contribution >= 0.6 is 11.8 Å². The quantitative estimate of drug-likeness (QED) is 0.666. The normalized spacial score (nSPS) is 12.7. The van der Waals surface area contributed by atoms with Crippen LogP contribution in [0, 0.1) is 0 Å². The lowest BCUT2D eigenvalue weighted by Crippen LogP contribution is -2.33. The summed E-state index contributed by atoms with van der Waals surface area (Å²) < 4.78 is 0. The molecule has 1 N–H and O–H groups in total. The van der Waals surface area contributed by atoms with E-state index in [2.05, 4.69) is 0 Å². The number of hydrogen-bond acceptors (Lipinski definition) is 3. The summed E-state index contributed by atoms with van der Waals surface area (Å²) in [5.41, 5.74) is 0. The fourth-order valence-corrected chi connectivity index (χ4v) is 1.11. The van der Waals surface area contributed by atoms with E-state index >= 15 is 0 Å². The number of amides is 1. The molecule has 0 aromatic rings. The van der Waals surface area contributed by atoms with Gasteiger partial charge in [0.1, 0.15) is 6.10 Å². The predicted octanol–water partition coefficient (Wildman–Crippen LogP) is 0.189. The average Bonchev–Trinajstić information content (AvgIpc) is 1.98. The second-order valence-electron chi connectivity index (χ2n) is 2.53. The van der Waals surface area contributed by atoms with Gasteiger partial charge < -0.3 is 10.0 Å². The van der Waals surface area contributed by atoms with Crippen molar-refractivity contribution >= 4 is 17.7 Å². The van der Waals surface area contributed by atoms with Crippen LogP contribution in [0.25, 0.3) is 0 Å². The molecule has 1 unspecified atom stereocenters. The second kappa shape index (κ2) is 5.43. The van der Waals surface area contributed by atoms with Crippen LogP contribution in [-0.4, -0.2) is 48.1 Å². The summed E-state index contributed by atoms with van der Waals surface area (Å²) in [6.45, 7) is 0. The SMILES string of the molecule is CSCCC(O)C(=O)N(C)C. The van der Waals surface area contributed by atoms with Gasteiger partial charge in [0.05, 0.1) is 0 Å². The van der Waals surface area contributed by atoms with E-state index in [-0.39, 0.29) is 5.91 Å². The van der Waals surface area contributed by atoms with Crippen LogP contribution in [0.2, 0.25) is 0 Å². The molecule has 0 radical (unpaired) electrons. The molecule has 0 aliphatic heterocycles. The number of likely N-dealkylation sites (N-methyl/N-ethyl adjacent to an activating group) is 1. The van der Waals surface area contributed by atoms with Crippen molar-refractivity contribution in [2.75, 3.05) is 26.1 Å². The van der Waals surface area contributed by atoms with Crippen LogP contribution in [-0.2, 0) is 4.79 Å². The molecule has 3 nitrogen and oxygen atoms in total. The van der Waals surface area contributed by atoms with Gasteiger partial charge in [-0.15, -0.1) is 0 Å². The lowest BCUT2D eigenvalue weighted by Gasteiger charge is -2.14. The van der Waals surface area contributed by atoms with Gasteiger partial charge >= 0.3 is 0 Å². The summed E-state index contributed by atoms with van der Waals surface area (Å²) in [6.07, 6.45) is 1.67. The van der Waals surface area contributed by atoms with Crippen LogP contribution in [0.4, 0.5) is 0 Å². The first-order valence-electron chi connectivity index (χ1n) is 3.47. The first kappa shape index (κ1) is 10.8. The third-order valence-electron chi connectivity index (χ3n) is 1.32. The first-order valence-corrected chi connectivity index (χ1v) is 4.87. The summed E-state index contributed by atoms with van der Waals surface area (Å²) in [6, 6.07) is 0. The molecule has 0 aromatic carbocycles. The van der Waals surface area contributed by atoms with Crippen LogP contribution in [0.5, 0.6) is 0 Å². The summed E-state index contributed by atoms with van der Waals surface area (Å²) in [5, 5.41) is 9.21. The molecule has 11 heavy (non-hydrogen) atoms. The van der Waals surface area contributed by atoms with Gasteiger partial charge in [-0.2, -0.15) is 11.8 Å². The Morgan fingerprint density at radius 2 is 2.18 bits per heavy atom. The van der Waals surface area contributed by atoms with E-state index in [9.17, 15) is 9.90 Å². The van der Waals surface area contributed by atoms with E-state index in [0.717, 1.165) is 5.75 Å². The molecule has 1 amide bonds. The summed E-state index contributed by atoms with van der Waals surface area (Å²) >= 11 is 1.63. The Labute approximate surface area is 71.8 Å². The zero-order valence-corrected chi connectivity index (χ0v) is 8.02. The van der Waals surface area contributed by atoms with Gasteiger partial charge in [-0.1, -0.05) is 0 Å². The molecular weight excluding hydrogens is 162 g/mol. The smallest absolute Gasteiger partial charge is 0.250 e. The molecule has 0 saturated heterocycles. The number of rotatable bonds is 4. The average molecular weight is 177 g/mol. The lowest BCUT2D eigenvalue weighted by molar-refractivity contribution is -0.137. The number of aliphatic hydroxyl groups is 1. The molecule has 66 valence electrons. The van der Waals surface area contributed by atoms with E-state index in [1.54, 1.807) is 25.9 Å². The van der Waals surface area contributed by atoms with Crippen molar-refractivity contribution in [2.24, 2.45) is 0 Å². The summed E-state index contributed by atoms with van der Waals surface area (Å²) in [7, 11) is 3.29. The third kappa shape index (κ3) is 4.27. The minimum Gasteiger partial charge on any atom is -0.383 e. The van der Waals surface area contributed by atoms with Gasteiger partial charge in [0.15, 0.2) is 0 Å². The fraction of sp³-hybridized carbons (Fsp3) is 0.857. The zero-order chi connectivity index (χ0) is 8.85. The van der Waals surface area contributed by atoms with E-state index in [1.165, 1.54) is 4.90 Å². The molecule has 1 atom stereocenters. The molecule has 0 rings (SSSR count). The Morgan fingerprint density at radius 3 is 2.55 bits per heavy atom. The lowest BCUT2D eigenvalue weighted by atomic mass is 10.2. The minimum absolute atomic E-state index is 0.209. The maximum atomic E-state index is 11.0. The highest BCUT2D eigenvalue weighted by Gasteiger charge is 2.15. The van der Waals surface area contributed by atoms with Crippen molar-refractivity contribution in [3.8, 4) is 0 Å². The summed E-state index contributed by atoms with van der Waals surface area (Å²) in [5.74, 6) is 0.611. The molecule has 0 saturated carbocycles. The van der Waals surface area contributed by atoms with Gasteiger partial charge in [0, 0.05) is 14.1 Å². The van der Waals surface area contributed by atoms with Crippen molar-refractivity contribution in [3.63, 3.8) is 0 Å². The molecule has 0 aliphatic carbocycles. The number of hydrogen-bond donors (Lipinski definition) is 1. The predicted molar refractivity (Wildman–Crippen MR) is 47.7 cm³/mol. The van der Waals surface area contributed by atoms with Gasteiger partial charge in [0.2, 0.25) is 0 Å². The molecule has 0 heterocycles. The van der Waals surface area contributed by atoms with Gasteiger partial charge in [-0.25, -0.2) is 0 Å². The largest absolute Gasteiger partial charge is 0.383 e. The molecule has 0 fully saturated rings. The van der Waals surface area contributed by atoms with Crippen molar-refractivity contribution < 1.29 is 9.90 Å². The van der Waals surface area contributed by atoms with Crippen molar-refractivity contribution in [2.45, 2.75) is 12.5 Å². The number of aliphatic hydroxyl groups excluding tert-OH is 1. The molecule has 4 heteroatoms. The number of thioether (sulfide) groups is 1. The van der Waals surface area contributed by atoms with E-state index in [4.69, 9.17) is 0 Å². The Bertz CT molecular complexity index is 128. The molecule has 0 aromatic heterocycles. The van der Waals surface area contributed by atoms with Crippen LogP contribution in [0.3, 0.4) is 0 Å². The third-order valence-corrected chi connectivity index (χ3v) is 1.97. The van der Waals surface area contributed by atoms with Crippen LogP contribution < -0.4 is 0 Å². The van der Waals surface area contributed by atoms with Crippen molar-refractivity contribution in [3.05, 3.63) is 0 Å². The number of carbonyl (C=O) groups is 1. The van der Waals surface area contributed by atoms with Crippen molar-refractivity contribution in [1.82, 2.24) is 4.90 Å². The highest BCUT2D eigenvalue weighted by Crippen LogP contribution is 2.01. The second-order valence-corrected chi connectivity index (χ2v) is 3.52. The fourth-order valence-electron chi connectivity index (χ4n) is 0.651. The highest BCUT2D eigenvalue weighted by atomic mass is 32.2. The van der Waals surface area contributed by atoms with Gasteiger partial charge in [-0.3, -0.25) is 4.79 Å². The maximum Gasteiger partial charge on any atom is 0.250 e. The molecule has 0 bridgehead atoms. The number of carbonyl (C=O) groups excluding carboxylic acids is 1. The molecule has 0 spiro atoms. The van der Waals surface area contributed by atoms with Crippen LogP contribution in [0.15, 0.2) is 0 Å². The standard InChI is InChI=1S/C7H15NO2S/c1-8(2)7(10)6(9)4-5-11-3/h6,9H,4-5H2,1-3H3. The van der Waals surface area contributed by atoms with E-state index < -0.39 is 6.10 Å². The Kier molecular flexibility index (Phi) is 5.32. The Hall–Kier alpha value is -0.220. The maximum absolute atomic E-state index is 11.0. The van der Waals surface area contributed by atoms with Gasteiger partial charge in [0.25, 0.3) is 5.91 Å². The van der Waals surface area contributed by atoms with Gasteiger partial charge in [-0.05, 0) is 18.4 Å². The minimum atomic E-state index is -0.822. The number of nitrogens with zero attached hydrogens (tertiary/aromatic N) is 1. The van der Waals surface area contributed by atoms with E-state index in [1.807, 2.05) is 6.26 Å². The summed E-state index contributed by atoms with van der Waals surface area (Å²) in [4.78, 5) is 12.4. The van der Waals surface area contributed by atoms with Crippen LogP contribution in [0.1, 0.15) is 6.42 Å². The molecular formula is C7H15NO2S. The highest BCUT2D eigenvalue weighted by molar-refractivity contribution is 7.98. The topological polar surface area (TPSA) is 40.5 Å². The van der Waals surface area contributed by atoms with Crippen molar-refractivity contribution in [1.29, 1.82) is 0 Å². The Morgan fingerprint density at radius 1 is 1.64 bits per heavy atom. The molecule has 0 aliphatic rings. The zero-order valence-electron chi connectivity index (χ0n) is 7.20.